The van der Waals surface area contributed by atoms with Gasteiger partial charge in [-0.2, -0.15) is 13.5 Å². The summed E-state index contributed by atoms with van der Waals surface area (Å²) in [6.45, 7) is 1.94. The first kappa shape index (κ1) is 12.2. The molecule has 1 unspecified atom stereocenters. The minimum atomic E-state index is -3.53. The number of aryl methyl sites for hydroxylation is 1. The summed E-state index contributed by atoms with van der Waals surface area (Å²) in [5.74, 6) is 4.58. The van der Waals surface area contributed by atoms with Gasteiger partial charge in [0, 0.05) is 17.5 Å². The summed E-state index contributed by atoms with van der Waals surface area (Å²) in [6, 6.07) is 6.89. The zero-order valence-corrected chi connectivity index (χ0v) is 12.7. The molecule has 0 spiro atoms. The first-order valence-electron chi connectivity index (χ1n) is 7.72. The Bertz CT molecular complexity index is 749. The van der Waals surface area contributed by atoms with Crippen molar-refractivity contribution in [1.82, 2.24) is 4.83 Å². The number of sulfonamides is 1. The molecule has 0 radical (unpaired) electrons. The molecule has 4 nitrogen and oxygen atoms in total. The molecule has 1 N–H and O–H groups in total. The van der Waals surface area contributed by atoms with E-state index < -0.39 is 10.0 Å². The van der Waals surface area contributed by atoms with E-state index in [1.54, 1.807) is 12.1 Å². The monoisotopic (exact) mass is 302 g/mol. The predicted octanol–water partition coefficient (Wildman–Crippen LogP) is 2.16. The Morgan fingerprint density at radius 2 is 1.90 bits per heavy atom. The lowest BCUT2D eigenvalue weighted by molar-refractivity contribution is 0.392. The maximum absolute atomic E-state index is 12.3. The lowest BCUT2D eigenvalue weighted by atomic mass is 9.84. The molecule has 4 aliphatic rings. The molecule has 0 saturated heterocycles. The first-order valence-corrected chi connectivity index (χ1v) is 9.20. The maximum atomic E-state index is 12.3. The summed E-state index contributed by atoms with van der Waals surface area (Å²) in [4.78, 5) is 2.77. The Hall–Kier alpha value is -1.36. The van der Waals surface area contributed by atoms with Crippen molar-refractivity contribution in [2.45, 2.75) is 24.7 Å². The molecule has 4 fully saturated rings. The van der Waals surface area contributed by atoms with Gasteiger partial charge in [-0.15, -0.1) is 0 Å². The molecule has 0 aromatic heterocycles. The fourth-order valence-electron chi connectivity index (χ4n) is 5.39. The number of nitrogens with zero attached hydrogens (tertiary/aromatic N) is 1. The van der Waals surface area contributed by atoms with Gasteiger partial charge in [0.25, 0.3) is 10.0 Å². The van der Waals surface area contributed by atoms with Crippen molar-refractivity contribution in [2.75, 3.05) is 0 Å². The zero-order valence-electron chi connectivity index (χ0n) is 11.9. The van der Waals surface area contributed by atoms with E-state index in [2.05, 4.69) is 9.93 Å². The Balaban J connectivity index is 1.41. The number of hydrazone groups is 1. The van der Waals surface area contributed by atoms with Crippen molar-refractivity contribution in [2.24, 2.45) is 40.6 Å². The zero-order chi connectivity index (χ0) is 14.4. The van der Waals surface area contributed by atoms with Gasteiger partial charge in [0.05, 0.1) is 4.90 Å². The predicted molar refractivity (Wildman–Crippen MR) is 79.1 cm³/mol. The number of rotatable bonds is 3. The summed E-state index contributed by atoms with van der Waals surface area (Å²) < 4.78 is 24.6. The molecule has 5 rings (SSSR count). The van der Waals surface area contributed by atoms with Crippen molar-refractivity contribution in [3.63, 3.8) is 0 Å². The molecule has 4 aliphatic carbocycles. The molecule has 0 aliphatic heterocycles. The van der Waals surface area contributed by atoms with Gasteiger partial charge in [-0.05, 0) is 55.6 Å². The van der Waals surface area contributed by atoms with Crippen LogP contribution >= 0.6 is 0 Å². The topological polar surface area (TPSA) is 58.5 Å². The number of hydrogen-bond donors (Lipinski definition) is 1. The van der Waals surface area contributed by atoms with E-state index in [0.717, 1.165) is 34.9 Å². The van der Waals surface area contributed by atoms with Crippen LogP contribution in [0.15, 0.2) is 34.3 Å². The van der Waals surface area contributed by atoms with E-state index in [9.17, 15) is 8.42 Å². The van der Waals surface area contributed by atoms with Gasteiger partial charge in [-0.25, -0.2) is 4.83 Å². The fraction of sp³-hybridized carbons (Fsp3) is 0.562. The van der Waals surface area contributed by atoms with Crippen molar-refractivity contribution < 1.29 is 8.42 Å². The summed E-state index contributed by atoms with van der Waals surface area (Å²) in [6.07, 6.45) is 2.60. The molecule has 2 bridgehead atoms. The van der Waals surface area contributed by atoms with Gasteiger partial charge < -0.3 is 0 Å². The Kier molecular flexibility index (Phi) is 2.15. The Morgan fingerprint density at radius 3 is 2.52 bits per heavy atom. The fourth-order valence-corrected chi connectivity index (χ4v) is 6.22. The molecule has 21 heavy (non-hydrogen) atoms. The molecule has 5 heteroatoms. The van der Waals surface area contributed by atoms with Crippen LogP contribution in [0.4, 0.5) is 0 Å². The first-order chi connectivity index (χ1) is 10.1. The second-order valence-electron chi connectivity index (χ2n) is 7.13. The summed E-state index contributed by atoms with van der Waals surface area (Å²) >= 11 is 0. The molecule has 1 aromatic carbocycles. The van der Waals surface area contributed by atoms with Crippen molar-refractivity contribution in [3.05, 3.63) is 29.8 Å². The standard InChI is InChI=1S/C16H18N2O2S/c1-8-2-4-10(5-3-8)21(19,20)18-17-16-12-7-9-6-11(12)14-13(9)15(14)16/h2-5,9,11-15,18H,6-7H2,1H3/b17-16-/t9-,11+,12-,13+,14-,15?/m1/s1. The molecule has 110 valence electrons. The lowest BCUT2D eigenvalue weighted by Crippen LogP contribution is -2.27. The van der Waals surface area contributed by atoms with Gasteiger partial charge in [0.15, 0.2) is 0 Å². The third-order valence-corrected chi connectivity index (χ3v) is 7.39. The van der Waals surface area contributed by atoms with Gasteiger partial charge in [0.1, 0.15) is 0 Å². The average molecular weight is 302 g/mol. The van der Waals surface area contributed by atoms with Crippen LogP contribution in [0, 0.1) is 42.4 Å². The third kappa shape index (κ3) is 1.50. The van der Waals surface area contributed by atoms with Crippen molar-refractivity contribution in [3.8, 4) is 0 Å². The van der Waals surface area contributed by atoms with E-state index in [4.69, 9.17) is 0 Å². The van der Waals surface area contributed by atoms with Crippen LogP contribution in [-0.4, -0.2) is 14.1 Å². The highest BCUT2D eigenvalue weighted by Gasteiger charge is 2.76. The second kappa shape index (κ2) is 3.69. The smallest absolute Gasteiger partial charge is 0.200 e. The Morgan fingerprint density at radius 1 is 1.14 bits per heavy atom. The molecule has 1 aromatic rings. The number of nitrogens with one attached hydrogen (secondary N) is 1. The summed E-state index contributed by atoms with van der Waals surface area (Å²) in [5.41, 5.74) is 2.20. The van der Waals surface area contributed by atoms with Crippen LogP contribution in [0.2, 0.25) is 0 Å². The van der Waals surface area contributed by atoms with Crippen LogP contribution in [0.25, 0.3) is 0 Å². The maximum Gasteiger partial charge on any atom is 0.276 e. The SMILES string of the molecule is Cc1ccc(S(=O)(=O)N/N=C2\C3[C@@H]4[C@H]5C[C@H](C[C@@H]25)[C@H]34)cc1. The molecule has 4 saturated carbocycles. The summed E-state index contributed by atoms with van der Waals surface area (Å²) in [7, 11) is -3.53. The van der Waals surface area contributed by atoms with E-state index in [0.29, 0.717) is 11.8 Å². The summed E-state index contributed by atoms with van der Waals surface area (Å²) in [5, 5.41) is 4.35. The quantitative estimate of drug-likeness (QED) is 0.870. The van der Waals surface area contributed by atoms with E-state index in [-0.39, 0.29) is 4.90 Å². The minimum Gasteiger partial charge on any atom is -0.200 e. The van der Waals surface area contributed by atoms with Crippen LogP contribution < -0.4 is 4.83 Å². The normalized spacial score (nSPS) is 43.6. The van der Waals surface area contributed by atoms with Gasteiger partial charge >= 0.3 is 0 Å². The van der Waals surface area contributed by atoms with Crippen LogP contribution in [0.3, 0.4) is 0 Å². The van der Waals surface area contributed by atoms with Crippen LogP contribution in [-0.2, 0) is 10.0 Å². The minimum absolute atomic E-state index is 0.289. The molecular formula is C16H18N2O2S. The Labute approximate surface area is 124 Å². The molecule has 0 heterocycles. The highest BCUT2D eigenvalue weighted by atomic mass is 32.2. The molecular weight excluding hydrogens is 284 g/mol. The molecule has 0 amide bonds. The highest BCUT2D eigenvalue weighted by molar-refractivity contribution is 7.89. The van der Waals surface area contributed by atoms with Crippen molar-refractivity contribution >= 4 is 15.7 Å². The van der Waals surface area contributed by atoms with E-state index in [1.165, 1.54) is 12.8 Å². The van der Waals surface area contributed by atoms with E-state index >= 15 is 0 Å². The van der Waals surface area contributed by atoms with Gasteiger partial charge in [-0.1, -0.05) is 17.7 Å². The second-order valence-corrected chi connectivity index (χ2v) is 8.79. The molecule has 6 atom stereocenters. The van der Waals surface area contributed by atoms with Gasteiger partial charge in [-0.3, -0.25) is 0 Å². The lowest BCUT2D eigenvalue weighted by Gasteiger charge is -2.22. The highest BCUT2D eigenvalue weighted by Crippen LogP contribution is 2.77. The van der Waals surface area contributed by atoms with Gasteiger partial charge in [0.2, 0.25) is 0 Å². The van der Waals surface area contributed by atoms with Crippen molar-refractivity contribution in [1.29, 1.82) is 0 Å². The number of hydrogen-bond acceptors (Lipinski definition) is 3. The average Bonchev–Trinajstić information content (AvgIpc) is 2.81. The van der Waals surface area contributed by atoms with Crippen LogP contribution in [0.5, 0.6) is 0 Å². The third-order valence-electron chi connectivity index (χ3n) is 6.17. The van der Waals surface area contributed by atoms with E-state index in [1.807, 2.05) is 19.1 Å². The number of benzene rings is 1. The van der Waals surface area contributed by atoms with Crippen LogP contribution in [0.1, 0.15) is 18.4 Å². The number of fused-ring (bicyclic) bond motifs is 3. The largest absolute Gasteiger partial charge is 0.276 e.